The van der Waals surface area contributed by atoms with Gasteiger partial charge in [-0.1, -0.05) is 24.3 Å². The number of rotatable bonds is 3. The predicted molar refractivity (Wildman–Crippen MR) is 109 cm³/mol. The third kappa shape index (κ3) is 3.03. The van der Waals surface area contributed by atoms with Crippen LogP contribution < -0.4 is 15.7 Å². The van der Waals surface area contributed by atoms with Gasteiger partial charge in [0.15, 0.2) is 0 Å². The molecule has 3 aromatic rings. The highest BCUT2D eigenvalue weighted by Gasteiger charge is 2.27. The van der Waals surface area contributed by atoms with E-state index in [9.17, 15) is 20.0 Å². The maximum absolute atomic E-state index is 12.7. The molecule has 3 heterocycles. The standard InChI is InChI=1S/C19H19N4O4S/c1-20-14-6-3-2-5-13(14)16(17(19(20)25)23(26)27)21-8-10-22(11-9-21)18(24)15-7-4-12-28-15/h2-7,12,26H,8-11H2,1H3/q-1. The molecule has 0 radical (unpaired) electrons. The molecule has 1 aromatic carbocycles. The smallest absolute Gasteiger partial charge is 0.277 e. The van der Waals surface area contributed by atoms with Gasteiger partial charge >= 0.3 is 0 Å². The van der Waals surface area contributed by atoms with E-state index in [-0.39, 0.29) is 16.8 Å². The van der Waals surface area contributed by atoms with Crippen LogP contribution in [0, 0.1) is 5.21 Å². The molecule has 0 aliphatic carbocycles. The van der Waals surface area contributed by atoms with Crippen molar-refractivity contribution in [2.24, 2.45) is 7.05 Å². The number of hydrogen-bond acceptors (Lipinski definition) is 7. The molecule has 1 fully saturated rings. The average Bonchev–Trinajstić information content (AvgIpc) is 3.25. The summed E-state index contributed by atoms with van der Waals surface area (Å²) in [5.41, 5.74) is 0.201. The minimum Gasteiger partial charge on any atom is -0.733 e. The highest BCUT2D eigenvalue weighted by atomic mass is 32.1. The number of carbonyl (C=O) groups is 1. The summed E-state index contributed by atoms with van der Waals surface area (Å²) in [7, 11) is 1.57. The second-order valence-electron chi connectivity index (χ2n) is 6.61. The van der Waals surface area contributed by atoms with E-state index < -0.39 is 5.56 Å². The van der Waals surface area contributed by atoms with Crippen LogP contribution in [0.25, 0.3) is 10.9 Å². The Balaban J connectivity index is 1.70. The first-order valence-electron chi connectivity index (χ1n) is 8.84. The van der Waals surface area contributed by atoms with Crippen molar-refractivity contribution in [3.05, 3.63) is 62.2 Å². The van der Waals surface area contributed by atoms with Crippen LogP contribution in [0.15, 0.2) is 46.6 Å². The van der Waals surface area contributed by atoms with Crippen LogP contribution in [0.1, 0.15) is 9.67 Å². The third-order valence-corrected chi connectivity index (χ3v) is 5.92. The average molecular weight is 399 g/mol. The maximum Gasteiger partial charge on any atom is 0.277 e. The number of para-hydroxylation sites is 1. The van der Waals surface area contributed by atoms with Crippen LogP contribution in [0.2, 0.25) is 0 Å². The molecule has 28 heavy (non-hydrogen) atoms. The topological polar surface area (TPSA) is 92.1 Å². The first-order valence-corrected chi connectivity index (χ1v) is 9.72. The fraction of sp³-hybridized carbons (Fsp3) is 0.263. The van der Waals surface area contributed by atoms with Gasteiger partial charge in [-0.25, -0.2) is 0 Å². The Labute approximate surface area is 165 Å². The Morgan fingerprint density at radius 3 is 2.50 bits per heavy atom. The number of amides is 1. The van der Waals surface area contributed by atoms with Crippen molar-refractivity contribution in [1.29, 1.82) is 0 Å². The zero-order chi connectivity index (χ0) is 19.8. The van der Waals surface area contributed by atoms with Gasteiger partial charge in [-0.15, -0.1) is 11.3 Å². The summed E-state index contributed by atoms with van der Waals surface area (Å²) in [6, 6.07) is 10.9. The van der Waals surface area contributed by atoms with Crippen molar-refractivity contribution >= 4 is 39.5 Å². The van der Waals surface area contributed by atoms with Crippen LogP contribution in [0.5, 0.6) is 0 Å². The molecule has 4 rings (SSSR count). The molecule has 1 N–H and O–H groups in total. The van der Waals surface area contributed by atoms with E-state index in [1.54, 1.807) is 24.1 Å². The number of aryl methyl sites for hydroxylation is 1. The zero-order valence-electron chi connectivity index (χ0n) is 15.2. The van der Waals surface area contributed by atoms with E-state index in [1.807, 2.05) is 34.5 Å². The highest BCUT2D eigenvalue weighted by Crippen LogP contribution is 2.34. The highest BCUT2D eigenvalue weighted by molar-refractivity contribution is 7.12. The lowest BCUT2D eigenvalue weighted by Crippen LogP contribution is -2.49. The number of fused-ring (bicyclic) bond motifs is 1. The molecule has 0 spiro atoms. The van der Waals surface area contributed by atoms with Gasteiger partial charge in [-0.05, 0) is 17.5 Å². The van der Waals surface area contributed by atoms with Gasteiger partial charge < -0.3 is 24.8 Å². The lowest BCUT2D eigenvalue weighted by molar-refractivity contribution is 0.0751. The Hall–Kier alpha value is -2.88. The molecule has 0 saturated carbocycles. The van der Waals surface area contributed by atoms with Crippen molar-refractivity contribution < 1.29 is 10.0 Å². The summed E-state index contributed by atoms with van der Waals surface area (Å²) in [5.74, 6) is -0.0173. The fourth-order valence-corrected chi connectivity index (χ4v) is 4.34. The number of anilines is 2. The van der Waals surface area contributed by atoms with E-state index in [1.165, 1.54) is 15.9 Å². The van der Waals surface area contributed by atoms with Gasteiger partial charge in [-0.3, -0.25) is 14.8 Å². The van der Waals surface area contributed by atoms with Crippen LogP contribution in [0.3, 0.4) is 0 Å². The van der Waals surface area contributed by atoms with E-state index in [0.29, 0.717) is 47.6 Å². The first-order chi connectivity index (χ1) is 13.5. The number of nitrogens with zero attached hydrogens (tertiary/aromatic N) is 4. The van der Waals surface area contributed by atoms with Gasteiger partial charge in [0, 0.05) is 38.6 Å². The van der Waals surface area contributed by atoms with Gasteiger partial charge in [-0.2, -0.15) is 0 Å². The summed E-state index contributed by atoms with van der Waals surface area (Å²) in [6.45, 7) is 1.83. The van der Waals surface area contributed by atoms with Crippen LogP contribution >= 0.6 is 11.3 Å². The summed E-state index contributed by atoms with van der Waals surface area (Å²) in [4.78, 5) is 29.6. The van der Waals surface area contributed by atoms with Crippen molar-refractivity contribution in [3.8, 4) is 0 Å². The molecule has 2 aromatic heterocycles. The molecule has 146 valence electrons. The summed E-state index contributed by atoms with van der Waals surface area (Å²) < 4.78 is 1.35. The largest absolute Gasteiger partial charge is 0.733 e. The maximum atomic E-state index is 12.7. The second-order valence-corrected chi connectivity index (χ2v) is 7.56. The van der Waals surface area contributed by atoms with E-state index in [4.69, 9.17) is 0 Å². The number of thiophene rings is 1. The quantitative estimate of drug-likeness (QED) is 0.679. The molecule has 1 aliphatic rings. The molecule has 0 bridgehead atoms. The predicted octanol–water partition coefficient (Wildman–Crippen LogP) is 2.26. The van der Waals surface area contributed by atoms with Crippen molar-refractivity contribution in [1.82, 2.24) is 9.47 Å². The Bertz CT molecular complexity index is 1070. The monoisotopic (exact) mass is 399 g/mol. The zero-order valence-corrected chi connectivity index (χ0v) is 16.1. The minimum atomic E-state index is -0.566. The molecule has 0 atom stereocenters. The van der Waals surface area contributed by atoms with Gasteiger partial charge in [0.2, 0.25) is 0 Å². The number of pyridine rings is 1. The lowest BCUT2D eigenvalue weighted by Gasteiger charge is -2.38. The van der Waals surface area contributed by atoms with Crippen LogP contribution in [-0.4, -0.2) is 46.8 Å². The lowest BCUT2D eigenvalue weighted by atomic mass is 10.1. The molecule has 1 amide bonds. The number of benzene rings is 1. The number of piperazine rings is 1. The summed E-state index contributed by atoms with van der Waals surface area (Å²) >= 11 is 1.40. The van der Waals surface area contributed by atoms with Gasteiger partial charge in [0.1, 0.15) is 5.69 Å². The van der Waals surface area contributed by atoms with Crippen molar-refractivity contribution in [2.75, 3.05) is 36.3 Å². The second kappa shape index (κ2) is 7.27. The molecule has 1 saturated heterocycles. The summed E-state index contributed by atoms with van der Waals surface area (Å²) in [6.07, 6.45) is 0. The van der Waals surface area contributed by atoms with E-state index in [0.717, 1.165) is 0 Å². The van der Waals surface area contributed by atoms with E-state index >= 15 is 0 Å². The minimum absolute atomic E-state index is 0.0173. The molecular weight excluding hydrogens is 380 g/mol. The van der Waals surface area contributed by atoms with E-state index in [2.05, 4.69) is 0 Å². The Morgan fingerprint density at radius 2 is 1.86 bits per heavy atom. The van der Waals surface area contributed by atoms with Crippen molar-refractivity contribution in [3.63, 3.8) is 0 Å². The number of aromatic nitrogens is 1. The SMILES string of the molecule is Cn1c(=O)c(N([O-])O)c(N2CCN(C(=O)c3cccs3)CC2)c2ccccc21. The normalized spacial score (nSPS) is 14.5. The molecule has 8 nitrogen and oxygen atoms in total. The first kappa shape index (κ1) is 18.5. The fourth-order valence-electron chi connectivity index (χ4n) is 3.65. The Morgan fingerprint density at radius 1 is 1.14 bits per heavy atom. The van der Waals surface area contributed by atoms with Crippen molar-refractivity contribution in [2.45, 2.75) is 0 Å². The summed E-state index contributed by atoms with van der Waals surface area (Å²) in [5, 5.41) is 23.7. The van der Waals surface area contributed by atoms with Gasteiger partial charge in [0.05, 0.1) is 16.1 Å². The molecule has 9 heteroatoms. The number of carbonyl (C=O) groups excluding carboxylic acids is 1. The Kier molecular flexibility index (Phi) is 4.80. The molecular formula is C19H19N4O4S-. The molecule has 1 aliphatic heterocycles. The van der Waals surface area contributed by atoms with Crippen LogP contribution in [0.4, 0.5) is 11.4 Å². The number of hydrogen-bond donors (Lipinski definition) is 1. The molecule has 0 unspecified atom stereocenters. The van der Waals surface area contributed by atoms with Gasteiger partial charge in [0.25, 0.3) is 11.5 Å². The third-order valence-electron chi connectivity index (χ3n) is 5.06. The van der Waals surface area contributed by atoms with Crippen LogP contribution in [-0.2, 0) is 7.05 Å².